The number of halogens is 1. The quantitative estimate of drug-likeness (QED) is 0.506. The standard InChI is InChI=1S/C20H18ClN5.CH4/c1-13-7-9-15(10-8-13)18-17-19(22)23-12-24-20(17)26(25-18)11-16(21)14-5-3-2-4-6-14;/h2-10,12,16H,11H2,1H3,(H2,22,23,24);1H4. The number of fused-ring (bicyclic) bond motifs is 1. The number of hydrogen-bond acceptors (Lipinski definition) is 4. The van der Waals surface area contributed by atoms with E-state index in [9.17, 15) is 0 Å². The maximum Gasteiger partial charge on any atom is 0.164 e. The molecule has 0 amide bonds. The van der Waals surface area contributed by atoms with Crippen molar-refractivity contribution in [3.05, 3.63) is 72.1 Å². The van der Waals surface area contributed by atoms with Crippen LogP contribution < -0.4 is 5.73 Å². The van der Waals surface area contributed by atoms with Crippen molar-refractivity contribution in [2.24, 2.45) is 0 Å². The third-order valence-electron chi connectivity index (χ3n) is 4.38. The number of alkyl halides is 1. The van der Waals surface area contributed by atoms with Crippen LogP contribution in [0.3, 0.4) is 0 Å². The Morgan fingerprint density at radius 1 is 1.04 bits per heavy atom. The predicted molar refractivity (Wildman–Crippen MR) is 112 cm³/mol. The fraction of sp³-hybridized carbons (Fsp3) is 0.190. The summed E-state index contributed by atoms with van der Waals surface area (Å²) in [5.74, 6) is 0.419. The molecule has 0 aliphatic heterocycles. The molecule has 2 N–H and O–H groups in total. The van der Waals surface area contributed by atoms with Crippen molar-refractivity contribution in [1.82, 2.24) is 19.7 Å². The van der Waals surface area contributed by atoms with E-state index in [-0.39, 0.29) is 12.8 Å². The molecule has 0 bridgehead atoms. The fourth-order valence-electron chi connectivity index (χ4n) is 2.99. The van der Waals surface area contributed by atoms with E-state index in [1.807, 2.05) is 47.1 Å². The minimum atomic E-state index is -0.221. The molecule has 0 aliphatic carbocycles. The van der Waals surface area contributed by atoms with Crippen LogP contribution in [-0.2, 0) is 6.54 Å². The Morgan fingerprint density at radius 2 is 1.74 bits per heavy atom. The van der Waals surface area contributed by atoms with Gasteiger partial charge in [-0.3, -0.25) is 0 Å². The smallest absolute Gasteiger partial charge is 0.164 e. The number of rotatable bonds is 4. The van der Waals surface area contributed by atoms with E-state index in [0.29, 0.717) is 18.0 Å². The highest BCUT2D eigenvalue weighted by Gasteiger charge is 2.19. The molecule has 0 spiro atoms. The summed E-state index contributed by atoms with van der Waals surface area (Å²) in [5.41, 5.74) is 10.8. The van der Waals surface area contributed by atoms with Crippen LogP contribution in [0.15, 0.2) is 60.9 Å². The van der Waals surface area contributed by atoms with Gasteiger partial charge in [0, 0.05) is 5.56 Å². The van der Waals surface area contributed by atoms with E-state index >= 15 is 0 Å². The number of benzene rings is 2. The lowest BCUT2D eigenvalue weighted by molar-refractivity contribution is 0.617. The first-order valence-electron chi connectivity index (χ1n) is 8.36. The first-order chi connectivity index (χ1) is 12.6. The van der Waals surface area contributed by atoms with Crippen LogP contribution in [0, 0.1) is 6.92 Å². The summed E-state index contributed by atoms with van der Waals surface area (Å²) in [4.78, 5) is 8.55. The molecule has 0 radical (unpaired) electrons. The average Bonchev–Trinajstić information content (AvgIpc) is 3.03. The fourth-order valence-corrected chi connectivity index (χ4v) is 3.27. The van der Waals surface area contributed by atoms with Gasteiger partial charge in [0.2, 0.25) is 0 Å². The topological polar surface area (TPSA) is 69.6 Å². The van der Waals surface area contributed by atoms with Gasteiger partial charge >= 0.3 is 0 Å². The second-order valence-electron chi connectivity index (χ2n) is 6.23. The summed E-state index contributed by atoms with van der Waals surface area (Å²) < 4.78 is 1.81. The van der Waals surface area contributed by atoms with Gasteiger partial charge in [-0.25, -0.2) is 14.6 Å². The van der Waals surface area contributed by atoms with Crippen molar-refractivity contribution in [2.45, 2.75) is 26.3 Å². The van der Waals surface area contributed by atoms with Gasteiger partial charge in [-0.05, 0) is 12.5 Å². The van der Waals surface area contributed by atoms with Gasteiger partial charge in [0.15, 0.2) is 5.65 Å². The molecule has 1 atom stereocenters. The number of hydrogen-bond donors (Lipinski definition) is 1. The van der Waals surface area contributed by atoms with Gasteiger partial charge in [0.05, 0.1) is 17.3 Å². The Bertz CT molecular complexity index is 1040. The van der Waals surface area contributed by atoms with Crippen LogP contribution in [0.5, 0.6) is 0 Å². The van der Waals surface area contributed by atoms with Crippen LogP contribution in [0.1, 0.15) is 23.9 Å². The molecule has 2 heterocycles. The normalized spacial score (nSPS) is 11.9. The van der Waals surface area contributed by atoms with E-state index in [1.54, 1.807) is 0 Å². The highest BCUT2D eigenvalue weighted by molar-refractivity contribution is 6.20. The van der Waals surface area contributed by atoms with Gasteiger partial charge in [-0.15, -0.1) is 11.6 Å². The SMILES string of the molecule is C.Cc1ccc(-c2nn(CC(Cl)c3ccccc3)c3ncnc(N)c23)cc1. The lowest BCUT2D eigenvalue weighted by Gasteiger charge is -2.10. The highest BCUT2D eigenvalue weighted by Crippen LogP contribution is 2.32. The van der Waals surface area contributed by atoms with Gasteiger partial charge in [-0.2, -0.15) is 5.10 Å². The van der Waals surface area contributed by atoms with E-state index < -0.39 is 0 Å². The number of aromatic nitrogens is 4. The Balaban J connectivity index is 0.00000210. The van der Waals surface area contributed by atoms with Crippen molar-refractivity contribution < 1.29 is 0 Å². The van der Waals surface area contributed by atoms with Gasteiger partial charge in [-0.1, -0.05) is 67.6 Å². The lowest BCUT2D eigenvalue weighted by atomic mass is 10.1. The minimum Gasteiger partial charge on any atom is -0.383 e. The zero-order valence-corrected chi connectivity index (χ0v) is 15.1. The van der Waals surface area contributed by atoms with Crippen LogP contribution in [0.2, 0.25) is 0 Å². The van der Waals surface area contributed by atoms with Crippen LogP contribution >= 0.6 is 11.6 Å². The zero-order chi connectivity index (χ0) is 18.1. The first-order valence-corrected chi connectivity index (χ1v) is 8.80. The minimum absolute atomic E-state index is 0. The third-order valence-corrected chi connectivity index (χ3v) is 4.77. The zero-order valence-electron chi connectivity index (χ0n) is 14.3. The summed E-state index contributed by atoms with van der Waals surface area (Å²) in [6.45, 7) is 2.54. The molecule has 0 fully saturated rings. The number of nitrogens with zero attached hydrogens (tertiary/aromatic N) is 4. The number of nitrogen functional groups attached to an aromatic ring is 1. The second kappa shape index (κ2) is 7.76. The molecule has 0 aliphatic rings. The van der Waals surface area contributed by atoms with Crippen molar-refractivity contribution >= 4 is 28.5 Å². The van der Waals surface area contributed by atoms with Gasteiger partial charge in [0.25, 0.3) is 0 Å². The van der Waals surface area contributed by atoms with Crippen molar-refractivity contribution in [3.8, 4) is 11.3 Å². The Kier molecular flexibility index (Phi) is 5.42. The number of anilines is 1. The molecule has 27 heavy (non-hydrogen) atoms. The lowest BCUT2D eigenvalue weighted by Crippen LogP contribution is -2.07. The first kappa shape index (κ1) is 18.9. The van der Waals surface area contributed by atoms with Crippen molar-refractivity contribution in [1.29, 1.82) is 0 Å². The Hall–Kier alpha value is -2.92. The van der Waals surface area contributed by atoms with Crippen molar-refractivity contribution in [3.63, 3.8) is 0 Å². The molecule has 138 valence electrons. The largest absolute Gasteiger partial charge is 0.383 e. The highest BCUT2D eigenvalue weighted by atomic mass is 35.5. The second-order valence-corrected chi connectivity index (χ2v) is 6.76. The molecule has 4 rings (SSSR count). The van der Waals surface area contributed by atoms with Crippen LogP contribution in [0.4, 0.5) is 5.82 Å². The predicted octanol–water partition coefficient (Wildman–Crippen LogP) is 5.00. The van der Waals surface area contributed by atoms with E-state index in [4.69, 9.17) is 22.4 Å². The summed E-state index contributed by atoms with van der Waals surface area (Å²) in [5, 5.41) is 5.30. The molecule has 6 heteroatoms. The summed E-state index contributed by atoms with van der Waals surface area (Å²) in [6.07, 6.45) is 1.46. The van der Waals surface area contributed by atoms with E-state index in [1.165, 1.54) is 11.9 Å². The monoisotopic (exact) mass is 379 g/mol. The summed E-state index contributed by atoms with van der Waals surface area (Å²) in [6, 6.07) is 18.1. The molecular weight excluding hydrogens is 358 g/mol. The van der Waals surface area contributed by atoms with Crippen molar-refractivity contribution in [2.75, 3.05) is 5.73 Å². The van der Waals surface area contributed by atoms with Gasteiger partial charge < -0.3 is 5.73 Å². The van der Waals surface area contributed by atoms with Gasteiger partial charge in [0.1, 0.15) is 17.8 Å². The number of aryl methyl sites for hydroxylation is 1. The molecule has 0 saturated heterocycles. The van der Waals surface area contributed by atoms with E-state index in [2.05, 4.69) is 29.0 Å². The summed E-state index contributed by atoms with van der Waals surface area (Å²) in [7, 11) is 0. The molecule has 4 aromatic rings. The maximum atomic E-state index is 6.62. The molecule has 1 unspecified atom stereocenters. The molecule has 0 saturated carbocycles. The maximum absolute atomic E-state index is 6.62. The average molecular weight is 380 g/mol. The third kappa shape index (κ3) is 3.64. The molecule has 2 aromatic carbocycles. The van der Waals surface area contributed by atoms with E-state index in [0.717, 1.165) is 22.2 Å². The van der Waals surface area contributed by atoms with Crippen LogP contribution in [-0.4, -0.2) is 19.7 Å². The number of nitrogens with two attached hydrogens (primary N) is 1. The van der Waals surface area contributed by atoms with Crippen LogP contribution in [0.25, 0.3) is 22.3 Å². The Labute approximate surface area is 163 Å². The summed E-state index contributed by atoms with van der Waals surface area (Å²) >= 11 is 6.62. The molecule has 2 aromatic heterocycles. The molecular formula is C21H22ClN5. The Morgan fingerprint density at radius 3 is 2.44 bits per heavy atom. The molecule has 5 nitrogen and oxygen atoms in total.